The molecule has 3 rings (SSSR count). The molecule has 3 amide bonds. The Balaban J connectivity index is 1.82. The van der Waals surface area contributed by atoms with Gasteiger partial charge in [0.25, 0.3) is 0 Å². The van der Waals surface area contributed by atoms with Gasteiger partial charge in [0.15, 0.2) is 0 Å². The predicted octanol–water partition coefficient (Wildman–Crippen LogP) is 0.444. The van der Waals surface area contributed by atoms with Crippen molar-refractivity contribution in [3.05, 3.63) is 71.9 Å². The number of amides is 3. The highest BCUT2D eigenvalue weighted by molar-refractivity contribution is 5.94. The van der Waals surface area contributed by atoms with E-state index in [1.54, 1.807) is 6.20 Å². The number of H-pyrrole nitrogens is 1. The van der Waals surface area contributed by atoms with Gasteiger partial charge in [-0.3, -0.25) is 14.4 Å². The Bertz CT molecular complexity index is 1290. The molecule has 2 aromatic carbocycles. The molecule has 0 spiro atoms. The summed E-state index contributed by atoms with van der Waals surface area (Å²) in [4.78, 5) is 54.4. The number of aromatic nitrogens is 1. The summed E-state index contributed by atoms with van der Waals surface area (Å²) >= 11 is 0. The first-order chi connectivity index (χ1) is 19.7. The van der Waals surface area contributed by atoms with Crippen molar-refractivity contribution in [1.29, 1.82) is 0 Å². The van der Waals surface area contributed by atoms with Crippen molar-refractivity contribution in [2.24, 2.45) is 11.5 Å². The quantitative estimate of drug-likeness (QED) is 0.0969. The Kier molecular flexibility index (Phi) is 12.0. The van der Waals surface area contributed by atoms with Crippen molar-refractivity contribution in [1.82, 2.24) is 20.9 Å². The molecule has 0 unspecified atom stereocenters. The number of aldehydes is 1. The molecule has 0 aliphatic rings. The molecule has 0 aliphatic carbocycles. The van der Waals surface area contributed by atoms with Crippen molar-refractivity contribution < 1.29 is 24.3 Å². The third kappa shape index (κ3) is 9.24. The monoisotopic (exact) mass is 564 g/mol. The zero-order valence-corrected chi connectivity index (χ0v) is 23.2. The second-order valence-electron chi connectivity index (χ2n) is 10.2. The molecule has 41 heavy (non-hydrogen) atoms. The number of unbranched alkanes of at least 4 members (excludes halogenated alkanes) is 1. The molecule has 3 aromatic rings. The van der Waals surface area contributed by atoms with E-state index in [0.29, 0.717) is 25.7 Å². The van der Waals surface area contributed by atoms with Gasteiger partial charge in [-0.25, -0.2) is 0 Å². The van der Waals surface area contributed by atoms with Gasteiger partial charge in [-0.15, -0.1) is 0 Å². The lowest BCUT2D eigenvalue weighted by molar-refractivity contribution is -0.133. The van der Waals surface area contributed by atoms with E-state index in [1.807, 2.05) is 54.6 Å². The average molecular weight is 565 g/mol. The largest absolute Gasteiger partial charge is 0.391 e. The van der Waals surface area contributed by atoms with Crippen LogP contribution in [0.25, 0.3) is 10.9 Å². The number of para-hydroxylation sites is 1. The maximum absolute atomic E-state index is 13.7. The second kappa shape index (κ2) is 15.7. The molecule has 220 valence electrons. The van der Waals surface area contributed by atoms with Crippen LogP contribution >= 0.6 is 0 Å². The van der Waals surface area contributed by atoms with Crippen LogP contribution < -0.4 is 27.4 Å². The highest BCUT2D eigenvalue weighted by Crippen LogP contribution is 2.19. The molecule has 0 saturated carbocycles. The van der Waals surface area contributed by atoms with Crippen molar-refractivity contribution >= 4 is 34.9 Å². The van der Waals surface area contributed by atoms with Crippen molar-refractivity contribution in [3.63, 3.8) is 0 Å². The van der Waals surface area contributed by atoms with Gasteiger partial charge < -0.3 is 42.3 Å². The van der Waals surface area contributed by atoms with Crippen LogP contribution in [0.2, 0.25) is 0 Å². The summed E-state index contributed by atoms with van der Waals surface area (Å²) in [7, 11) is 0. The summed E-state index contributed by atoms with van der Waals surface area (Å²) in [6.07, 6.45) is 2.94. The molecule has 1 heterocycles. The van der Waals surface area contributed by atoms with Gasteiger partial charge in [0.2, 0.25) is 17.7 Å². The fourth-order valence-corrected chi connectivity index (χ4v) is 4.54. The lowest BCUT2D eigenvalue weighted by atomic mass is 10.0. The molecule has 11 nitrogen and oxygen atoms in total. The summed E-state index contributed by atoms with van der Waals surface area (Å²) in [5.41, 5.74) is 14.4. The lowest BCUT2D eigenvalue weighted by Crippen LogP contribution is -2.58. The fourth-order valence-electron chi connectivity index (χ4n) is 4.54. The number of hydrogen-bond acceptors (Lipinski definition) is 7. The summed E-state index contributed by atoms with van der Waals surface area (Å²) in [6.45, 7) is 1.79. The van der Waals surface area contributed by atoms with E-state index in [4.69, 9.17) is 11.5 Å². The van der Waals surface area contributed by atoms with Crippen LogP contribution in [0.5, 0.6) is 0 Å². The molecule has 0 fully saturated rings. The van der Waals surface area contributed by atoms with E-state index in [2.05, 4.69) is 20.9 Å². The maximum Gasteiger partial charge on any atom is 0.243 e. The molecule has 0 radical (unpaired) electrons. The van der Waals surface area contributed by atoms with E-state index in [1.165, 1.54) is 6.92 Å². The third-order valence-electron chi connectivity index (χ3n) is 6.92. The van der Waals surface area contributed by atoms with Crippen LogP contribution in [0.4, 0.5) is 0 Å². The fraction of sp³-hybridized carbons (Fsp3) is 0.400. The van der Waals surface area contributed by atoms with Gasteiger partial charge in [0.05, 0.1) is 12.1 Å². The number of carbonyl (C=O) groups excluding carboxylic acids is 4. The van der Waals surface area contributed by atoms with Crippen LogP contribution in [-0.4, -0.2) is 70.9 Å². The minimum Gasteiger partial charge on any atom is -0.391 e. The second-order valence-corrected chi connectivity index (χ2v) is 10.2. The van der Waals surface area contributed by atoms with E-state index < -0.39 is 48.0 Å². The smallest absolute Gasteiger partial charge is 0.243 e. The standard InChI is InChI=1S/C30H40N6O5/c1-19(38)27(18-37)36-29(40)25(13-7-8-14-31)34-30(41)26(16-21-17-33-24-12-6-5-11-22(21)24)35-28(39)23(32)15-20-9-3-2-4-10-20/h2-6,9-12,17-19,23,25-27,33,38H,7-8,13-16,31-32H2,1H3,(H,34,41)(H,35,39)(H,36,40)/t19-,23+,25+,26-,27-/m1/s1. The summed E-state index contributed by atoms with van der Waals surface area (Å²) in [6, 6.07) is 12.8. The Morgan fingerprint density at radius 2 is 1.56 bits per heavy atom. The number of nitrogens with two attached hydrogens (primary N) is 2. The number of benzene rings is 2. The molecule has 0 aliphatic heterocycles. The Hall–Kier alpha value is -4.06. The highest BCUT2D eigenvalue weighted by atomic mass is 16.3. The summed E-state index contributed by atoms with van der Waals surface area (Å²) in [5, 5.41) is 18.7. The zero-order chi connectivity index (χ0) is 29.8. The van der Waals surface area contributed by atoms with Gasteiger partial charge in [0, 0.05) is 23.5 Å². The molecule has 9 N–H and O–H groups in total. The van der Waals surface area contributed by atoms with Crippen LogP contribution in [0.15, 0.2) is 60.8 Å². The first kappa shape index (κ1) is 31.5. The van der Waals surface area contributed by atoms with E-state index in [0.717, 1.165) is 22.0 Å². The van der Waals surface area contributed by atoms with Gasteiger partial charge in [-0.05, 0) is 56.3 Å². The number of fused-ring (bicyclic) bond motifs is 1. The lowest BCUT2D eigenvalue weighted by Gasteiger charge is -2.25. The van der Waals surface area contributed by atoms with E-state index in [-0.39, 0.29) is 19.3 Å². The first-order valence-electron chi connectivity index (χ1n) is 13.8. The minimum atomic E-state index is -1.13. The normalized spacial score (nSPS) is 14.8. The number of carbonyl (C=O) groups is 4. The Morgan fingerprint density at radius 1 is 0.902 bits per heavy atom. The Morgan fingerprint density at radius 3 is 2.24 bits per heavy atom. The number of rotatable bonds is 16. The number of hydrogen-bond donors (Lipinski definition) is 7. The van der Waals surface area contributed by atoms with Crippen LogP contribution in [-0.2, 0) is 32.0 Å². The van der Waals surface area contributed by atoms with Crippen LogP contribution in [0, 0.1) is 0 Å². The van der Waals surface area contributed by atoms with Gasteiger partial charge in [-0.2, -0.15) is 0 Å². The number of aromatic amines is 1. The minimum absolute atomic E-state index is 0.140. The number of aliphatic hydroxyl groups excluding tert-OH is 1. The molecule has 0 bridgehead atoms. The Labute approximate surface area is 239 Å². The molecule has 11 heteroatoms. The summed E-state index contributed by atoms with van der Waals surface area (Å²) in [5.74, 6) is -1.71. The van der Waals surface area contributed by atoms with Gasteiger partial charge in [0.1, 0.15) is 24.4 Å². The van der Waals surface area contributed by atoms with Crippen molar-refractivity contribution in [2.45, 2.75) is 69.3 Å². The van der Waals surface area contributed by atoms with E-state index in [9.17, 15) is 24.3 Å². The van der Waals surface area contributed by atoms with Crippen molar-refractivity contribution in [3.8, 4) is 0 Å². The van der Waals surface area contributed by atoms with E-state index >= 15 is 0 Å². The van der Waals surface area contributed by atoms with Crippen LogP contribution in [0.3, 0.4) is 0 Å². The van der Waals surface area contributed by atoms with Gasteiger partial charge in [-0.1, -0.05) is 48.5 Å². The summed E-state index contributed by atoms with van der Waals surface area (Å²) < 4.78 is 0. The predicted molar refractivity (Wildman–Crippen MR) is 157 cm³/mol. The van der Waals surface area contributed by atoms with Crippen molar-refractivity contribution in [2.75, 3.05) is 6.54 Å². The molecule has 5 atom stereocenters. The molecular weight excluding hydrogens is 524 g/mol. The maximum atomic E-state index is 13.7. The van der Waals surface area contributed by atoms with Crippen LogP contribution in [0.1, 0.15) is 37.3 Å². The first-order valence-corrected chi connectivity index (χ1v) is 13.8. The van der Waals surface area contributed by atoms with Gasteiger partial charge >= 0.3 is 0 Å². The topological polar surface area (TPSA) is 192 Å². The highest BCUT2D eigenvalue weighted by Gasteiger charge is 2.30. The number of nitrogens with one attached hydrogen (secondary N) is 4. The third-order valence-corrected chi connectivity index (χ3v) is 6.92. The molecule has 1 aromatic heterocycles. The number of aliphatic hydroxyl groups is 1. The molecule has 0 saturated heterocycles. The zero-order valence-electron chi connectivity index (χ0n) is 23.2. The SMILES string of the molecule is C[C@@H](O)[C@@H](C=O)NC(=O)[C@H](CCCCN)NC(=O)[C@@H](Cc1c[nH]c2ccccc12)NC(=O)[C@@H](N)Cc1ccccc1. The molecular formula is C30H40N6O5. The average Bonchev–Trinajstić information content (AvgIpc) is 3.37.